The van der Waals surface area contributed by atoms with E-state index >= 15 is 0 Å². The molecule has 0 fully saturated rings. The van der Waals surface area contributed by atoms with E-state index in [9.17, 15) is 15.0 Å². The summed E-state index contributed by atoms with van der Waals surface area (Å²) in [6, 6.07) is 5.14. The number of ketones is 1. The number of phenols is 1. The van der Waals surface area contributed by atoms with Crippen LogP contribution in [0, 0.1) is 0 Å². The molecule has 0 heterocycles. The fraction of sp³-hybridized carbons (Fsp3) is 0.588. The van der Waals surface area contributed by atoms with E-state index in [-0.39, 0.29) is 18.0 Å². The van der Waals surface area contributed by atoms with Crippen LogP contribution in [0.1, 0.15) is 51.0 Å². The number of unbranched alkanes of at least 4 members (excludes halogenated alkanes) is 2. The van der Waals surface area contributed by atoms with Crippen LogP contribution in [0.4, 0.5) is 0 Å². The number of benzene rings is 1. The fourth-order valence-electron chi connectivity index (χ4n) is 2.27. The van der Waals surface area contributed by atoms with E-state index in [1.54, 1.807) is 12.1 Å². The highest BCUT2D eigenvalue weighted by Crippen LogP contribution is 2.26. The standard InChI is InChI=1S/C17H26O4/c1-3-4-5-6-14(18)12-15(19)9-7-13-8-10-17(21-2)16(20)11-13/h8,10-11,14,18,20H,3-7,9,12H2,1-2H3/t14-/m1/s1. The average molecular weight is 294 g/mol. The van der Waals surface area contributed by atoms with Crippen molar-refractivity contribution >= 4 is 5.78 Å². The van der Waals surface area contributed by atoms with Crippen molar-refractivity contribution in [3.05, 3.63) is 23.8 Å². The Hall–Kier alpha value is -1.55. The van der Waals surface area contributed by atoms with Crippen molar-refractivity contribution in [1.82, 2.24) is 0 Å². The van der Waals surface area contributed by atoms with Gasteiger partial charge >= 0.3 is 0 Å². The molecule has 21 heavy (non-hydrogen) atoms. The molecular formula is C17H26O4. The maximum atomic E-state index is 11.8. The van der Waals surface area contributed by atoms with Crippen molar-refractivity contribution in [3.63, 3.8) is 0 Å². The molecule has 1 aromatic carbocycles. The van der Waals surface area contributed by atoms with Crippen molar-refractivity contribution in [2.24, 2.45) is 0 Å². The van der Waals surface area contributed by atoms with Crippen LogP contribution in [0.15, 0.2) is 18.2 Å². The van der Waals surface area contributed by atoms with E-state index in [2.05, 4.69) is 6.92 Å². The van der Waals surface area contributed by atoms with Gasteiger partial charge in [-0.25, -0.2) is 0 Å². The number of aryl methyl sites for hydroxylation is 1. The Morgan fingerprint density at radius 3 is 2.71 bits per heavy atom. The van der Waals surface area contributed by atoms with Crippen molar-refractivity contribution in [2.75, 3.05) is 7.11 Å². The Labute approximate surface area is 126 Å². The van der Waals surface area contributed by atoms with Crippen LogP contribution in [0.25, 0.3) is 0 Å². The first kappa shape index (κ1) is 17.5. The van der Waals surface area contributed by atoms with E-state index in [4.69, 9.17) is 4.74 Å². The van der Waals surface area contributed by atoms with Crippen LogP contribution in [0.2, 0.25) is 0 Å². The first-order chi connectivity index (χ1) is 10.1. The van der Waals surface area contributed by atoms with E-state index in [1.165, 1.54) is 7.11 Å². The molecule has 0 bridgehead atoms. The molecule has 1 rings (SSSR count). The van der Waals surface area contributed by atoms with Crippen molar-refractivity contribution < 1.29 is 19.7 Å². The Bertz CT molecular complexity index is 442. The van der Waals surface area contributed by atoms with Crippen molar-refractivity contribution in [1.29, 1.82) is 0 Å². The zero-order valence-electron chi connectivity index (χ0n) is 13.0. The number of methoxy groups -OCH3 is 1. The zero-order chi connectivity index (χ0) is 15.7. The second kappa shape index (κ2) is 9.40. The highest BCUT2D eigenvalue weighted by Gasteiger charge is 2.11. The minimum atomic E-state index is -0.520. The summed E-state index contributed by atoms with van der Waals surface area (Å²) in [6.45, 7) is 2.11. The van der Waals surface area contributed by atoms with Gasteiger partial charge in [-0.05, 0) is 30.5 Å². The predicted molar refractivity (Wildman–Crippen MR) is 82.8 cm³/mol. The van der Waals surface area contributed by atoms with Gasteiger partial charge in [0.25, 0.3) is 0 Å². The molecule has 0 aliphatic heterocycles. The summed E-state index contributed by atoms with van der Waals surface area (Å²) in [7, 11) is 1.50. The summed E-state index contributed by atoms with van der Waals surface area (Å²) >= 11 is 0. The van der Waals surface area contributed by atoms with Gasteiger partial charge in [0.2, 0.25) is 0 Å². The fourth-order valence-corrected chi connectivity index (χ4v) is 2.27. The Morgan fingerprint density at radius 1 is 1.33 bits per heavy atom. The van der Waals surface area contributed by atoms with Crippen LogP contribution in [-0.2, 0) is 11.2 Å². The highest BCUT2D eigenvalue weighted by atomic mass is 16.5. The lowest BCUT2D eigenvalue weighted by atomic mass is 10.0. The van der Waals surface area contributed by atoms with Gasteiger partial charge in [0.1, 0.15) is 5.78 Å². The number of aliphatic hydroxyl groups excluding tert-OH is 1. The van der Waals surface area contributed by atoms with Gasteiger partial charge in [-0.15, -0.1) is 0 Å². The molecule has 0 unspecified atom stereocenters. The number of Topliss-reactive ketones (excluding diaryl/α,β-unsaturated/α-hetero) is 1. The molecule has 1 atom stereocenters. The molecule has 118 valence electrons. The van der Waals surface area contributed by atoms with Crippen LogP contribution in [-0.4, -0.2) is 29.2 Å². The molecule has 0 saturated heterocycles. The van der Waals surface area contributed by atoms with Crippen LogP contribution < -0.4 is 4.74 Å². The molecule has 0 aromatic heterocycles. The van der Waals surface area contributed by atoms with Gasteiger partial charge in [0.15, 0.2) is 11.5 Å². The molecule has 0 aliphatic carbocycles. The number of carbonyl (C=O) groups is 1. The number of rotatable bonds is 10. The molecule has 0 aliphatic rings. The number of aromatic hydroxyl groups is 1. The maximum Gasteiger partial charge on any atom is 0.160 e. The van der Waals surface area contributed by atoms with Gasteiger partial charge < -0.3 is 14.9 Å². The number of ether oxygens (including phenoxy) is 1. The van der Waals surface area contributed by atoms with Crippen LogP contribution >= 0.6 is 0 Å². The Kier molecular flexibility index (Phi) is 7.83. The van der Waals surface area contributed by atoms with Gasteiger partial charge in [-0.1, -0.05) is 32.3 Å². The molecule has 4 heteroatoms. The Morgan fingerprint density at radius 2 is 2.10 bits per heavy atom. The normalized spacial score (nSPS) is 12.1. The molecule has 0 saturated carbocycles. The third kappa shape index (κ3) is 6.63. The first-order valence-electron chi connectivity index (χ1n) is 7.62. The van der Waals surface area contributed by atoms with Gasteiger partial charge in [-0.3, -0.25) is 4.79 Å². The SMILES string of the molecule is CCCCC[C@@H](O)CC(=O)CCc1ccc(OC)c(O)c1. The second-order valence-electron chi connectivity index (χ2n) is 5.40. The first-order valence-corrected chi connectivity index (χ1v) is 7.62. The largest absolute Gasteiger partial charge is 0.504 e. The topological polar surface area (TPSA) is 66.8 Å². The zero-order valence-corrected chi connectivity index (χ0v) is 13.0. The van der Waals surface area contributed by atoms with Gasteiger partial charge in [-0.2, -0.15) is 0 Å². The molecule has 2 N–H and O–H groups in total. The number of hydrogen-bond donors (Lipinski definition) is 2. The van der Waals surface area contributed by atoms with Crippen molar-refractivity contribution in [3.8, 4) is 11.5 Å². The monoisotopic (exact) mass is 294 g/mol. The average Bonchev–Trinajstić information content (AvgIpc) is 2.45. The lowest BCUT2D eigenvalue weighted by Gasteiger charge is -2.10. The number of aliphatic hydroxyl groups is 1. The predicted octanol–water partition coefficient (Wildman–Crippen LogP) is 3.23. The van der Waals surface area contributed by atoms with Gasteiger partial charge in [0.05, 0.1) is 13.2 Å². The third-order valence-corrected chi connectivity index (χ3v) is 3.54. The molecular weight excluding hydrogens is 268 g/mol. The molecule has 4 nitrogen and oxygen atoms in total. The molecule has 1 aromatic rings. The van der Waals surface area contributed by atoms with Crippen molar-refractivity contribution in [2.45, 2.75) is 58.0 Å². The lowest BCUT2D eigenvalue weighted by molar-refractivity contribution is -0.121. The van der Waals surface area contributed by atoms with Gasteiger partial charge in [0, 0.05) is 12.8 Å². The van der Waals surface area contributed by atoms with E-state index in [1.807, 2.05) is 6.07 Å². The number of carbonyl (C=O) groups excluding carboxylic acids is 1. The van der Waals surface area contributed by atoms with Crippen LogP contribution in [0.5, 0.6) is 11.5 Å². The highest BCUT2D eigenvalue weighted by molar-refractivity contribution is 5.79. The number of hydrogen-bond acceptors (Lipinski definition) is 4. The summed E-state index contributed by atoms with van der Waals surface area (Å²) in [6.07, 6.45) is 4.53. The molecule has 0 radical (unpaired) electrons. The van der Waals surface area contributed by atoms with Crippen LogP contribution in [0.3, 0.4) is 0 Å². The summed E-state index contributed by atoms with van der Waals surface area (Å²) in [5.41, 5.74) is 0.891. The second-order valence-corrected chi connectivity index (χ2v) is 5.40. The quantitative estimate of drug-likeness (QED) is 0.650. The Balaban J connectivity index is 2.34. The third-order valence-electron chi connectivity index (χ3n) is 3.54. The number of phenolic OH excluding ortho intramolecular Hbond substituents is 1. The smallest absolute Gasteiger partial charge is 0.160 e. The summed E-state index contributed by atoms with van der Waals surface area (Å²) < 4.78 is 4.97. The summed E-state index contributed by atoms with van der Waals surface area (Å²) in [4.78, 5) is 11.8. The minimum absolute atomic E-state index is 0.0642. The lowest BCUT2D eigenvalue weighted by Crippen LogP contribution is -2.13. The molecule has 0 amide bonds. The van der Waals surface area contributed by atoms with E-state index < -0.39 is 6.10 Å². The summed E-state index contributed by atoms with van der Waals surface area (Å²) in [5, 5.41) is 19.5. The van der Waals surface area contributed by atoms with E-state index in [0.717, 1.165) is 24.8 Å². The maximum absolute atomic E-state index is 11.8. The minimum Gasteiger partial charge on any atom is -0.504 e. The molecule has 0 spiro atoms. The summed E-state index contributed by atoms with van der Waals surface area (Å²) in [5.74, 6) is 0.577. The van der Waals surface area contributed by atoms with E-state index in [0.29, 0.717) is 25.0 Å².